The molecule has 0 saturated carbocycles. The smallest absolute Gasteiger partial charge is 0.307 e. The van der Waals surface area contributed by atoms with Gasteiger partial charge in [0.1, 0.15) is 0 Å². The lowest BCUT2D eigenvalue weighted by Gasteiger charge is -2.34. The fourth-order valence-corrected chi connectivity index (χ4v) is 2.86. The molecule has 2 unspecified atom stereocenters. The summed E-state index contributed by atoms with van der Waals surface area (Å²) in [6.45, 7) is 4.29. The van der Waals surface area contributed by atoms with Gasteiger partial charge in [-0.15, -0.1) is 0 Å². The van der Waals surface area contributed by atoms with Crippen molar-refractivity contribution in [2.45, 2.75) is 32.7 Å². The second-order valence-electron chi connectivity index (χ2n) is 5.94. The molecular formula is C17H22N2O4. The highest BCUT2D eigenvalue weighted by Gasteiger charge is 2.30. The molecule has 1 aromatic rings. The Hall–Kier alpha value is -2.21. The lowest BCUT2D eigenvalue weighted by atomic mass is 9.97. The minimum absolute atomic E-state index is 0.113. The Morgan fingerprint density at radius 3 is 2.65 bits per heavy atom. The largest absolute Gasteiger partial charge is 0.481 e. The van der Waals surface area contributed by atoms with E-state index in [1.165, 1.54) is 6.92 Å². The summed E-state index contributed by atoms with van der Waals surface area (Å²) in [5.74, 6) is -1.59. The van der Waals surface area contributed by atoms with Crippen molar-refractivity contribution in [1.29, 1.82) is 0 Å². The molecule has 0 bridgehead atoms. The van der Waals surface area contributed by atoms with Gasteiger partial charge in [0, 0.05) is 12.1 Å². The molecule has 2 atom stereocenters. The molecule has 1 saturated heterocycles. The third kappa shape index (κ3) is 4.16. The summed E-state index contributed by atoms with van der Waals surface area (Å²) in [6, 6.07) is 6.42. The van der Waals surface area contributed by atoms with Gasteiger partial charge in [0.2, 0.25) is 5.91 Å². The molecule has 0 spiro atoms. The third-order valence-corrected chi connectivity index (χ3v) is 4.29. The van der Waals surface area contributed by atoms with Crippen LogP contribution < -0.4 is 5.32 Å². The molecule has 124 valence electrons. The second kappa shape index (κ2) is 7.37. The van der Waals surface area contributed by atoms with Crippen molar-refractivity contribution >= 4 is 23.3 Å². The number of benzene rings is 1. The number of amides is 1. The molecule has 1 aliphatic rings. The fraction of sp³-hybridized carbons (Fsp3) is 0.471. The SMILES string of the molecule is CC(=O)c1ccccc1NC(=O)C(C)N1CCCC(C(=O)O)C1. The van der Waals surface area contributed by atoms with Crippen LogP contribution in [0.1, 0.15) is 37.0 Å². The monoisotopic (exact) mass is 318 g/mol. The average Bonchev–Trinajstić information content (AvgIpc) is 2.54. The Bertz CT molecular complexity index is 614. The number of Topliss-reactive ketones (excluding diaryl/α,β-unsaturated/α-hetero) is 1. The number of aliphatic carboxylic acids is 1. The molecule has 6 heteroatoms. The van der Waals surface area contributed by atoms with E-state index in [1.54, 1.807) is 31.2 Å². The zero-order valence-electron chi connectivity index (χ0n) is 13.4. The lowest BCUT2D eigenvalue weighted by molar-refractivity contribution is -0.144. The number of ketones is 1. The Labute approximate surface area is 135 Å². The van der Waals surface area contributed by atoms with Crippen LogP contribution in [0.3, 0.4) is 0 Å². The quantitative estimate of drug-likeness (QED) is 0.811. The zero-order chi connectivity index (χ0) is 17.0. The van der Waals surface area contributed by atoms with Gasteiger partial charge in [0.05, 0.1) is 17.6 Å². The molecule has 0 aliphatic carbocycles. The van der Waals surface area contributed by atoms with Crippen molar-refractivity contribution in [3.8, 4) is 0 Å². The van der Waals surface area contributed by atoms with E-state index < -0.39 is 17.9 Å². The third-order valence-electron chi connectivity index (χ3n) is 4.29. The van der Waals surface area contributed by atoms with Gasteiger partial charge in [-0.05, 0) is 45.4 Å². The first kappa shape index (κ1) is 17.1. The van der Waals surface area contributed by atoms with Crippen LogP contribution in [-0.4, -0.2) is 46.8 Å². The summed E-state index contributed by atoms with van der Waals surface area (Å²) in [4.78, 5) is 37.1. The summed E-state index contributed by atoms with van der Waals surface area (Å²) in [5, 5.41) is 11.9. The number of hydrogen-bond donors (Lipinski definition) is 2. The molecule has 0 radical (unpaired) electrons. The number of nitrogens with zero attached hydrogens (tertiary/aromatic N) is 1. The Kier molecular flexibility index (Phi) is 5.50. The van der Waals surface area contributed by atoms with E-state index in [-0.39, 0.29) is 11.7 Å². The topological polar surface area (TPSA) is 86.7 Å². The van der Waals surface area contributed by atoms with Crippen molar-refractivity contribution in [2.75, 3.05) is 18.4 Å². The van der Waals surface area contributed by atoms with E-state index in [1.807, 2.05) is 4.90 Å². The number of carbonyl (C=O) groups excluding carboxylic acids is 2. The van der Waals surface area contributed by atoms with E-state index in [4.69, 9.17) is 5.11 Å². The van der Waals surface area contributed by atoms with E-state index in [0.717, 1.165) is 6.42 Å². The fourth-order valence-electron chi connectivity index (χ4n) is 2.86. The molecule has 2 rings (SSSR count). The maximum atomic E-state index is 12.5. The predicted octanol–water partition coefficient (Wildman–Crippen LogP) is 2.01. The minimum atomic E-state index is -0.816. The molecule has 1 aliphatic heterocycles. The molecule has 0 aromatic heterocycles. The van der Waals surface area contributed by atoms with Gasteiger partial charge in [-0.1, -0.05) is 12.1 Å². The number of carboxylic acids is 1. The van der Waals surface area contributed by atoms with Crippen molar-refractivity contribution < 1.29 is 19.5 Å². The summed E-state index contributed by atoms with van der Waals surface area (Å²) < 4.78 is 0. The number of carbonyl (C=O) groups is 3. The Balaban J connectivity index is 2.06. The molecule has 1 amide bonds. The van der Waals surface area contributed by atoms with E-state index in [0.29, 0.717) is 30.8 Å². The van der Waals surface area contributed by atoms with Gasteiger partial charge in [0.25, 0.3) is 0 Å². The van der Waals surface area contributed by atoms with Gasteiger partial charge in [-0.3, -0.25) is 19.3 Å². The number of piperidine rings is 1. The van der Waals surface area contributed by atoms with Gasteiger partial charge in [-0.25, -0.2) is 0 Å². The van der Waals surface area contributed by atoms with Crippen molar-refractivity contribution in [2.24, 2.45) is 5.92 Å². The normalized spacial score (nSPS) is 19.8. The molecule has 1 aromatic carbocycles. The molecule has 2 N–H and O–H groups in total. The highest BCUT2D eigenvalue weighted by molar-refractivity contribution is 6.04. The van der Waals surface area contributed by atoms with E-state index in [2.05, 4.69) is 5.32 Å². The average molecular weight is 318 g/mol. The van der Waals surface area contributed by atoms with Crippen LogP contribution in [0.4, 0.5) is 5.69 Å². The lowest BCUT2D eigenvalue weighted by Crippen LogP contribution is -2.48. The number of carboxylic acid groups (broad SMARTS) is 1. The summed E-state index contributed by atoms with van der Waals surface area (Å²) in [6.07, 6.45) is 1.41. The number of hydrogen-bond acceptors (Lipinski definition) is 4. The number of anilines is 1. The van der Waals surface area contributed by atoms with E-state index in [9.17, 15) is 14.4 Å². The Morgan fingerprint density at radius 2 is 2.00 bits per heavy atom. The Morgan fingerprint density at radius 1 is 1.30 bits per heavy atom. The first-order valence-corrected chi connectivity index (χ1v) is 7.78. The van der Waals surface area contributed by atoms with Gasteiger partial charge in [-0.2, -0.15) is 0 Å². The number of nitrogens with one attached hydrogen (secondary N) is 1. The maximum Gasteiger partial charge on any atom is 0.307 e. The highest BCUT2D eigenvalue weighted by atomic mass is 16.4. The molecular weight excluding hydrogens is 296 g/mol. The summed E-state index contributed by atoms with van der Waals surface area (Å²) in [7, 11) is 0. The van der Waals surface area contributed by atoms with Gasteiger partial charge >= 0.3 is 5.97 Å². The summed E-state index contributed by atoms with van der Waals surface area (Å²) in [5.41, 5.74) is 0.957. The van der Waals surface area contributed by atoms with Crippen LogP contribution in [0.15, 0.2) is 24.3 Å². The first-order valence-electron chi connectivity index (χ1n) is 7.78. The maximum absolute atomic E-state index is 12.5. The van der Waals surface area contributed by atoms with Crippen molar-refractivity contribution in [3.63, 3.8) is 0 Å². The number of para-hydroxylation sites is 1. The molecule has 1 heterocycles. The van der Waals surface area contributed by atoms with Crippen LogP contribution in [0.5, 0.6) is 0 Å². The van der Waals surface area contributed by atoms with Crippen LogP contribution in [0.25, 0.3) is 0 Å². The van der Waals surface area contributed by atoms with Crippen LogP contribution in [0.2, 0.25) is 0 Å². The number of likely N-dealkylation sites (tertiary alicyclic amines) is 1. The molecule has 23 heavy (non-hydrogen) atoms. The van der Waals surface area contributed by atoms with Gasteiger partial charge < -0.3 is 10.4 Å². The van der Waals surface area contributed by atoms with Crippen LogP contribution >= 0.6 is 0 Å². The molecule has 6 nitrogen and oxygen atoms in total. The predicted molar refractivity (Wildman–Crippen MR) is 86.5 cm³/mol. The van der Waals surface area contributed by atoms with Crippen LogP contribution in [0, 0.1) is 5.92 Å². The first-order chi connectivity index (χ1) is 10.9. The van der Waals surface area contributed by atoms with Crippen molar-refractivity contribution in [3.05, 3.63) is 29.8 Å². The number of rotatable bonds is 5. The second-order valence-corrected chi connectivity index (χ2v) is 5.94. The van der Waals surface area contributed by atoms with Crippen LogP contribution in [-0.2, 0) is 9.59 Å². The molecule has 1 fully saturated rings. The highest BCUT2D eigenvalue weighted by Crippen LogP contribution is 2.20. The van der Waals surface area contributed by atoms with E-state index >= 15 is 0 Å². The summed E-state index contributed by atoms with van der Waals surface area (Å²) >= 11 is 0. The van der Waals surface area contributed by atoms with Crippen molar-refractivity contribution in [1.82, 2.24) is 4.90 Å². The standard InChI is InChI=1S/C17H22N2O4/c1-11(19-9-5-6-13(10-19)17(22)23)16(21)18-15-8-4-3-7-14(15)12(2)20/h3-4,7-8,11,13H,5-6,9-10H2,1-2H3,(H,18,21)(H,22,23). The zero-order valence-corrected chi connectivity index (χ0v) is 13.4. The minimum Gasteiger partial charge on any atom is -0.481 e. The van der Waals surface area contributed by atoms with Gasteiger partial charge in [0.15, 0.2) is 5.78 Å².